The summed E-state index contributed by atoms with van der Waals surface area (Å²) in [4.78, 5) is 11.1. The Morgan fingerprint density at radius 2 is 2.21 bits per heavy atom. The maximum atomic E-state index is 11.1. The first-order valence-electron chi connectivity index (χ1n) is 4.34. The summed E-state index contributed by atoms with van der Waals surface area (Å²) in [5.74, 6) is -0.422. The molecule has 0 amide bonds. The Hall–Kier alpha value is -0.620. The molecule has 0 spiro atoms. The van der Waals surface area contributed by atoms with Crippen LogP contribution in [-0.4, -0.2) is 39.0 Å². The fourth-order valence-corrected chi connectivity index (χ4v) is 2.22. The Morgan fingerprint density at radius 1 is 1.64 bits per heavy atom. The summed E-state index contributed by atoms with van der Waals surface area (Å²) in [5.41, 5.74) is 4.77. The van der Waals surface area contributed by atoms with Crippen molar-refractivity contribution >= 4 is 15.8 Å². The summed E-state index contributed by atoms with van der Waals surface area (Å²) in [7, 11) is -1.69. The fraction of sp³-hybridized carbons (Fsp3) is 0.875. The second kappa shape index (κ2) is 3.51. The first kappa shape index (κ1) is 11.5. The van der Waals surface area contributed by atoms with Gasteiger partial charge in [-0.15, -0.1) is 0 Å². The number of carbonyl (C=O) groups excluding carboxylic acids is 1. The van der Waals surface area contributed by atoms with Gasteiger partial charge < -0.3 is 10.5 Å². The molecule has 0 heterocycles. The summed E-state index contributed by atoms with van der Waals surface area (Å²) in [5, 5.41) is 0. The summed E-state index contributed by atoms with van der Waals surface area (Å²) in [6, 6.07) is 0. The molecule has 1 fully saturated rings. The van der Waals surface area contributed by atoms with E-state index in [4.69, 9.17) is 5.73 Å². The van der Waals surface area contributed by atoms with Gasteiger partial charge in [-0.05, 0) is 18.8 Å². The molecule has 1 aliphatic carbocycles. The molecule has 0 aromatic rings. The minimum atomic E-state index is -2.97. The van der Waals surface area contributed by atoms with Crippen LogP contribution in [0.1, 0.15) is 12.8 Å². The SMILES string of the molecule is COC(=O)[C@@]1(N)C[C@H]1CCS(C)(=O)=O. The fourth-order valence-electron chi connectivity index (χ4n) is 1.50. The van der Waals surface area contributed by atoms with Gasteiger partial charge in [0.2, 0.25) is 0 Å². The van der Waals surface area contributed by atoms with Crippen LogP contribution in [0.5, 0.6) is 0 Å². The molecule has 82 valence electrons. The van der Waals surface area contributed by atoms with Crippen LogP contribution in [0.4, 0.5) is 0 Å². The van der Waals surface area contributed by atoms with E-state index in [9.17, 15) is 13.2 Å². The number of nitrogens with two attached hydrogens (primary N) is 1. The number of methoxy groups -OCH3 is 1. The van der Waals surface area contributed by atoms with E-state index in [1.165, 1.54) is 13.4 Å². The molecule has 2 atom stereocenters. The van der Waals surface area contributed by atoms with Gasteiger partial charge in [0.25, 0.3) is 0 Å². The molecule has 0 aromatic heterocycles. The Morgan fingerprint density at radius 3 is 2.64 bits per heavy atom. The lowest BCUT2D eigenvalue weighted by Crippen LogP contribution is -2.36. The van der Waals surface area contributed by atoms with E-state index in [1.807, 2.05) is 0 Å². The summed E-state index contributed by atoms with van der Waals surface area (Å²) >= 11 is 0. The predicted octanol–water partition coefficient (Wildman–Crippen LogP) is -0.688. The van der Waals surface area contributed by atoms with Gasteiger partial charge in [-0.25, -0.2) is 8.42 Å². The second-order valence-corrected chi connectivity index (χ2v) is 6.11. The van der Waals surface area contributed by atoms with Gasteiger partial charge in [-0.1, -0.05) is 0 Å². The molecule has 5 nitrogen and oxygen atoms in total. The molecular weight excluding hydrogens is 206 g/mol. The highest BCUT2D eigenvalue weighted by Gasteiger charge is 2.57. The van der Waals surface area contributed by atoms with E-state index in [2.05, 4.69) is 4.74 Å². The molecule has 14 heavy (non-hydrogen) atoms. The van der Waals surface area contributed by atoms with E-state index < -0.39 is 21.3 Å². The lowest BCUT2D eigenvalue weighted by Gasteiger charge is -2.07. The number of esters is 1. The van der Waals surface area contributed by atoms with Crippen molar-refractivity contribution in [3.05, 3.63) is 0 Å². The number of sulfone groups is 1. The quantitative estimate of drug-likeness (QED) is 0.635. The smallest absolute Gasteiger partial charge is 0.326 e. The molecule has 0 bridgehead atoms. The number of carbonyl (C=O) groups is 1. The average Bonchev–Trinajstić information content (AvgIpc) is 2.73. The molecule has 0 radical (unpaired) electrons. The van der Waals surface area contributed by atoms with Crippen LogP contribution in [-0.2, 0) is 19.4 Å². The first-order chi connectivity index (χ1) is 6.29. The van der Waals surface area contributed by atoms with Crippen molar-refractivity contribution < 1.29 is 17.9 Å². The molecule has 0 aromatic carbocycles. The van der Waals surface area contributed by atoms with Gasteiger partial charge in [-0.3, -0.25) is 4.79 Å². The summed E-state index contributed by atoms with van der Waals surface area (Å²) in [6.07, 6.45) is 2.13. The maximum absolute atomic E-state index is 11.1. The highest BCUT2D eigenvalue weighted by Crippen LogP contribution is 2.44. The van der Waals surface area contributed by atoms with Gasteiger partial charge in [0.1, 0.15) is 15.4 Å². The summed E-state index contributed by atoms with van der Waals surface area (Å²) in [6.45, 7) is 0. The van der Waals surface area contributed by atoms with Crippen molar-refractivity contribution in [3.8, 4) is 0 Å². The zero-order valence-electron chi connectivity index (χ0n) is 8.32. The van der Waals surface area contributed by atoms with Gasteiger partial charge in [0.15, 0.2) is 0 Å². The highest BCUT2D eigenvalue weighted by atomic mass is 32.2. The number of hydrogen-bond donors (Lipinski definition) is 1. The normalized spacial score (nSPS) is 31.2. The highest BCUT2D eigenvalue weighted by molar-refractivity contribution is 7.90. The molecule has 0 unspecified atom stereocenters. The first-order valence-corrected chi connectivity index (χ1v) is 6.40. The van der Waals surface area contributed by atoms with E-state index in [-0.39, 0.29) is 11.7 Å². The van der Waals surface area contributed by atoms with E-state index in [0.29, 0.717) is 12.8 Å². The monoisotopic (exact) mass is 221 g/mol. The Labute approximate surface area is 83.5 Å². The standard InChI is InChI=1S/C8H15NO4S/c1-13-7(10)8(9)5-6(8)3-4-14(2,11)12/h6H,3-5,9H2,1-2H3/t6-,8-/m1/s1. The minimum Gasteiger partial charge on any atom is -0.468 e. The zero-order valence-corrected chi connectivity index (χ0v) is 9.13. The second-order valence-electron chi connectivity index (χ2n) is 3.85. The van der Waals surface area contributed by atoms with Crippen molar-refractivity contribution in [2.24, 2.45) is 11.7 Å². The average molecular weight is 221 g/mol. The van der Waals surface area contributed by atoms with Gasteiger partial charge in [0.05, 0.1) is 12.9 Å². The van der Waals surface area contributed by atoms with Gasteiger partial charge >= 0.3 is 5.97 Å². The number of ether oxygens (including phenoxy) is 1. The van der Waals surface area contributed by atoms with Crippen LogP contribution in [0, 0.1) is 5.92 Å². The molecule has 1 aliphatic rings. The Kier molecular flexibility index (Phi) is 2.87. The summed E-state index contributed by atoms with van der Waals surface area (Å²) < 4.78 is 26.2. The van der Waals surface area contributed by atoms with Crippen molar-refractivity contribution in [1.29, 1.82) is 0 Å². The van der Waals surface area contributed by atoms with Gasteiger partial charge in [-0.2, -0.15) is 0 Å². The van der Waals surface area contributed by atoms with Crippen LogP contribution in [0.25, 0.3) is 0 Å². The minimum absolute atomic E-state index is 0.0512. The number of rotatable bonds is 4. The van der Waals surface area contributed by atoms with Crippen molar-refractivity contribution in [1.82, 2.24) is 0 Å². The molecule has 2 N–H and O–H groups in total. The zero-order chi connectivity index (χ0) is 11.0. The molecule has 0 aliphatic heterocycles. The lowest BCUT2D eigenvalue weighted by atomic mass is 10.2. The van der Waals surface area contributed by atoms with E-state index in [1.54, 1.807) is 0 Å². The maximum Gasteiger partial charge on any atom is 0.326 e. The van der Waals surface area contributed by atoms with Crippen LogP contribution in [0.3, 0.4) is 0 Å². The third-order valence-corrected chi connectivity index (χ3v) is 3.53. The number of hydrogen-bond acceptors (Lipinski definition) is 5. The third kappa shape index (κ3) is 2.45. The van der Waals surface area contributed by atoms with Crippen molar-refractivity contribution in [3.63, 3.8) is 0 Å². The van der Waals surface area contributed by atoms with Crippen LogP contribution < -0.4 is 5.73 Å². The van der Waals surface area contributed by atoms with Crippen LogP contribution in [0.2, 0.25) is 0 Å². The molecule has 1 saturated carbocycles. The van der Waals surface area contributed by atoms with Gasteiger partial charge in [0, 0.05) is 6.26 Å². The molecular formula is C8H15NO4S. The Bertz CT molecular complexity index is 337. The topological polar surface area (TPSA) is 86.5 Å². The van der Waals surface area contributed by atoms with E-state index in [0.717, 1.165) is 0 Å². The van der Waals surface area contributed by atoms with Crippen molar-refractivity contribution in [2.45, 2.75) is 18.4 Å². The third-order valence-electron chi connectivity index (χ3n) is 2.56. The predicted molar refractivity (Wildman–Crippen MR) is 51.4 cm³/mol. The molecule has 1 rings (SSSR count). The van der Waals surface area contributed by atoms with Crippen LogP contribution in [0.15, 0.2) is 0 Å². The van der Waals surface area contributed by atoms with Crippen molar-refractivity contribution in [2.75, 3.05) is 19.1 Å². The Balaban J connectivity index is 2.43. The van der Waals surface area contributed by atoms with E-state index >= 15 is 0 Å². The molecule has 0 saturated heterocycles. The largest absolute Gasteiger partial charge is 0.468 e. The lowest BCUT2D eigenvalue weighted by molar-refractivity contribution is -0.143. The van der Waals surface area contributed by atoms with Crippen LogP contribution >= 0.6 is 0 Å². The molecule has 6 heteroatoms.